The summed E-state index contributed by atoms with van der Waals surface area (Å²) < 4.78 is 38.2. The second-order valence-electron chi connectivity index (χ2n) is 5.79. The predicted molar refractivity (Wildman–Crippen MR) is 86.1 cm³/mol. The third kappa shape index (κ3) is 6.15. The number of nitrogens with one attached hydrogen (secondary N) is 2. The van der Waals surface area contributed by atoms with Crippen molar-refractivity contribution in [1.82, 2.24) is 14.9 Å². The molecule has 2 amide bonds. The van der Waals surface area contributed by atoms with Gasteiger partial charge in [-0.2, -0.15) is 0 Å². The number of hydrogen-bond acceptors (Lipinski definition) is 3. The van der Waals surface area contributed by atoms with E-state index in [9.17, 15) is 17.6 Å². The van der Waals surface area contributed by atoms with Crippen molar-refractivity contribution in [1.29, 1.82) is 0 Å². The standard InChI is InChI=1S/C15H22FN3O3S/c1-23(21,22)18-14-6-3-9-19(11-14)15(20)17-8-7-12-4-2-5-13(16)10-12/h2,4-5,10,14,18H,3,6-9,11H2,1H3,(H,17,20)/t14-/m1/s1. The number of benzene rings is 1. The third-order valence-electron chi connectivity index (χ3n) is 3.67. The first-order valence-corrected chi connectivity index (χ1v) is 9.47. The van der Waals surface area contributed by atoms with E-state index in [1.807, 2.05) is 6.07 Å². The van der Waals surface area contributed by atoms with Crippen molar-refractivity contribution in [3.05, 3.63) is 35.6 Å². The number of carbonyl (C=O) groups excluding carboxylic acids is 1. The lowest BCUT2D eigenvalue weighted by molar-refractivity contribution is 0.177. The second-order valence-corrected chi connectivity index (χ2v) is 7.57. The zero-order valence-corrected chi connectivity index (χ0v) is 13.9. The van der Waals surface area contributed by atoms with Crippen LogP contribution in [0.25, 0.3) is 0 Å². The molecule has 1 atom stereocenters. The van der Waals surface area contributed by atoms with Gasteiger partial charge in [-0.05, 0) is 37.0 Å². The molecule has 1 aliphatic rings. The van der Waals surface area contributed by atoms with Gasteiger partial charge in [-0.3, -0.25) is 0 Å². The molecule has 23 heavy (non-hydrogen) atoms. The molecule has 0 unspecified atom stereocenters. The Morgan fingerprint density at radius 3 is 2.91 bits per heavy atom. The molecule has 0 spiro atoms. The summed E-state index contributed by atoms with van der Waals surface area (Å²) in [6, 6.07) is 5.80. The first-order valence-electron chi connectivity index (χ1n) is 7.58. The van der Waals surface area contributed by atoms with Gasteiger partial charge in [-0.1, -0.05) is 12.1 Å². The minimum absolute atomic E-state index is 0.221. The SMILES string of the molecule is CS(=O)(=O)N[C@@H]1CCCN(C(=O)NCCc2cccc(F)c2)C1. The lowest BCUT2D eigenvalue weighted by Crippen LogP contribution is -2.52. The second kappa shape index (κ2) is 7.74. The molecule has 6 nitrogen and oxygen atoms in total. The van der Waals surface area contributed by atoms with E-state index in [1.165, 1.54) is 12.1 Å². The lowest BCUT2D eigenvalue weighted by Gasteiger charge is -2.32. The molecule has 1 saturated heterocycles. The van der Waals surface area contributed by atoms with Crippen LogP contribution >= 0.6 is 0 Å². The van der Waals surface area contributed by atoms with E-state index in [2.05, 4.69) is 10.0 Å². The highest BCUT2D eigenvalue weighted by atomic mass is 32.2. The van der Waals surface area contributed by atoms with Crippen molar-refractivity contribution < 1.29 is 17.6 Å². The number of sulfonamides is 1. The van der Waals surface area contributed by atoms with Crippen molar-refractivity contribution in [2.45, 2.75) is 25.3 Å². The molecule has 128 valence electrons. The fraction of sp³-hybridized carbons (Fsp3) is 0.533. The smallest absolute Gasteiger partial charge is 0.317 e. The van der Waals surface area contributed by atoms with E-state index in [-0.39, 0.29) is 17.9 Å². The summed E-state index contributed by atoms with van der Waals surface area (Å²) in [7, 11) is -3.27. The Hall–Kier alpha value is -1.67. The summed E-state index contributed by atoms with van der Waals surface area (Å²) in [6.07, 6.45) is 3.14. The van der Waals surface area contributed by atoms with Crippen molar-refractivity contribution >= 4 is 16.1 Å². The summed E-state index contributed by atoms with van der Waals surface area (Å²) >= 11 is 0. The Labute approximate surface area is 136 Å². The van der Waals surface area contributed by atoms with Crippen LogP contribution in [0, 0.1) is 5.82 Å². The molecule has 1 aromatic carbocycles. The molecular weight excluding hydrogens is 321 g/mol. The van der Waals surface area contributed by atoms with Crippen LogP contribution in [-0.2, 0) is 16.4 Å². The highest BCUT2D eigenvalue weighted by Gasteiger charge is 2.25. The Morgan fingerprint density at radius 1 is 1.43 bits per heavy atom. The number of halogens is 1. The average Bonchev–Trinajstić information content (AvgIpc) is 2.45. The van der Waals surface area contributed by atoms with Crippen LogP contribution in [0.2, 0.25) is 0 Å². The highest BCUT2D eigenvalue weighted by molar-refractivity contribution is 7.88. The number of carbonyl (C=O) groups is 1. The molecule has 1 aliphatic heterocycles. The number of likely N-dealkylation sites (tertiary alicyclic amines) is 1. The molecule has 8 heteroatoms. The van der Waals surface area contributed by atoms with Crippen LogP contribution in [0.15, 0.2) is 24.3 Å². The van der Waals surface area contributed by atoms with Crippen LogP contribution in [0.1, 0.15) is 18.4 Å². The maximum Gasteiger partial charge on any atom is 0.317 e. The molecule has 1 heterocycles. The fourth-order valence-electron chi connectivity index (χ4n) is 2.68. The zero-order valence-electron chi connectivity index (χ0n) is 13.1. The predicted octanol–water partition coefficient (Wildman–Crippen LogP) is 1.09. The Balaban J connectivity index is 1.78. The third-order valence-corrected chi connectivity index (χ3v) is 4.43. The number of amides is 2. The number of hydrogen-bond donors (Lipinski definition) is 2. The molecule has 2 rings (SSSR count). The van der Waals surface area contributed by atoms with Crippen molar-refractivity contribution in [3.63, 3.8) is 0 Å². The van der Waals surface area contributed by atoms with Crippen LogP contribution in [0.3, 0.4) is 0 Å². The van der Waals surface area contributed by atoms with Gasteiger partial charge in [-0.25, -0.2) is 22.3 Å². The van der Waals surface area contributed by atoms with Crippen LogP contribution < -0.4 is 10.0 Å². The van der Waals surface area contributed by atoms with Crippen molar-refractivity contribution in [2.24, 2.45) is 0 Å². The minimum atomic E-state index is -3.27. The summed E-state index contributed by atoms with van der Waals surface area (Å²) in [5, 5.41) is 2.79. The monoisotopic (exact) mass is 343 g/mol. The summed E-state index contributed by atoms with van der Waals surface area (Å²) in [6.45, 7) is 1.37. The molecule has 0 bridgehead atoms. The first kappa shape index (κ1) is 17.7. The van der Waals surface area contributed by atoms with E-state index in [1.54, 1.807) is 11.0 Å². The summed E-state index contributed by atoms with van der Waals surface area (Å²) in [5.74, 6) is -0.292. The number of rotatable bonds is 5. The van der Waals surface area contributed by atoms with Gasteiger partial charge in [0.1, 0.15) is 5.82 Å². The van der Waals surface area contributed by atoms with Crippen molar-refractivity contribution in [3.8, 4) is 0 Å². The van der Waals surface area contributed by atoms with Gasteiger partial charge in [0.25, 0.3) is 0 Å². The van der Waals surface area contributed by atoms with Gasteiger partial charge in [0.2, 0.25) is 10.0 Å². The van der Waals surface area contributed by atoms with E-state index in [0.717, 1.165) is 24.7 Å². The molecule has 0 aromatic heterocycles. The zero-order chi connectivity index (χ0) is 16.9. The van der Waals surface area contributed by atoms with Gasteiger partial charge in [0.15, 0.2) is 0 Å². The van der Waals surface area contributed by atoms with E-state index in [0.29, 0.717) is 26.1 Å². The topological polar surface area (TPSA) is 78.5 Å². The van der Waals surface area contributed by atoms with Gasteiger partial charge in [-0.15, -0.1) is 0 Å². The normalized spacial score (nSPS) is 18.7. The fourth-order valence-corrected chi connectivity index (χ4v) is 3.48. The molecule has 0 radical (unpaired) electrons. The first-order chi connectivity index (χ1) is 10.8. The van der Waals surface area contributed by atoms with E-state index in [4.69, 9.17) is 0 Å². The molecular formula is C15H22FN3O3S. The van der Waals surface area contributed by atoms with E-state index < -0.39 is 10.0 Å². The number of nitrogens with zero attached hydrogens (tertiary/aromatic N) is 1. The molecule has 0 aliphatic carbocycles. The highest BCUT2D eigenvalue weighted by Crippen LogP contribution is 2.11. The van der Waals surface area contributed by atoms with Gasteiger partial charge < -0.3 is 10.2 Å². The maximum atomic E-state index is 13.1. The lowest BCUT2D eigenvalue weighted by atomic mass is 10.1. The van der Waals surface area contributed by atoms with Crippen LogP contribution in [-0.4, -0.2) is 51.3 Å². The van der Waals surface area contributed by atoms with Gasteiger partial charge >= 0.3 is 6.03 Å². The molecule has 2 N–H and O–H groups in total. The number of piperidine rings is 1. The van der Waals surface area contributed by atoms with Crippen molar-refractivity contribution in [2.75, 3.05) is 25.9 Å². The van der Waals surface area contributed by atoms with Gasteiger partial charge in [0, 0.05) is 25.7 Å². The van der Waals surface area contributed by atoms with Gasteiger partial charge in [0.05, 0.1) is 6.26 Å². The van der Waals surface area contributed by atoms with Crippen LogP contribution in [0.4, 0.5) is 9.18 Å². The Bertz CT molecular complexity index is 651. The van der Waals surface area contributed by atoms with Crippen LogP contribution in [0.5, 0.6) is 0 Å². The van der Waals surface area contributed by atoms with E-state index >= 15 is 0 Å². The molecule has 0 saturated carbocycles. The Kier molecular flexibility index (Phi) is 5.95. The minimum Gasteiger partial charge on any atom is -0.338 e. The summed E-state index contributed by atoms with van der Waals surface area (Å²) in [4.78, 5) is 13.7. The maximum absolute atomic E-state index is 13.1. The summed E-state index contributed by atoms with van der Waals surface area (Å²) in [5.41, 5.74) is 0.820. The Morgan fingerprint density at radius 2 is 2.22 bits per heavy atom. The molecule has 1 aromatic rings. The average molecular weight is 343 g/mol. The quantitative estimate of drug-likeness (QED) is 0.840. The molecule has 1 fully saturated rings. The number of urea groups is 1. The largest absolute Gasteiger partial charge is 0.338 e.